The normalized spacial score (nSPS) is 22.8. The molecule has 0 bridgehead atoms. The van der Waals surface area contributed by atoms with Gasteiger partial charge in [0.1, 0.15) is 5.54 Å². The van der Waals surface area contributed by atoms with Gasteiger partial charge in [0.25, 0.3) is 11.8 Å². The summed E-state index contributed by atoms with van der Waals surface area (Å²) in [5.41, 5.74) is -1.09. The fourth-order valence-corrected chi connectivity index (χ4v) is 3.56. The summed E-state index contributed by atoms with van der Waals surface area (Å²) in [6, 6.07) is -1.35. The lowest BCUT2D eigenvalue weighted by Crippen LogP contribution is -2.73. The van der Waals surface area contributed by atoms with Gasteiger partial charge in [0, 0.05) is 20.4 Å². The van der Waals surface area contributed by atoms with Crippen molar-refractivity contribution in [1.82, 2.24) is 25.3 Å². The Kier molecular flexibility index (Phi) is 5.47. The predicted molar refractivity (Wildman–Crippen MR) is 91.4 cm³/mol. The third kappa shape index (κ3) is 4.16. The van der Waals surface area contributed by atoms with Gasteiger partial charge in [-0.05, 0) is 12.8 Å². The Hall–Kier alpha value is -2.77. The van der Waals surface area contributed by atoms with Crippen molar-refractivity contribution in [3.63, 3.8) is 0 Å². The van der Waals surface area contributed by atoms with Gasteiger partial charge < -0.3 is 34.8 Å². The van der Waals surface area contributed by atoms with Crippen LogP contribution in [0.1, 0.15) is 38.6 Å². The van der Waals surface area contributed by atoms with E-state index < -0.39 is 41.6 Å². The first-order chi connectivity index (χ1) is 13.5. The summed E-state index contributed by atoms with van der Waals surface area (Å²) in [5.74, 6) is -2.97. The molecule has 29 heavy (non-hydrogen) atoms. The average molecular weight is 413 g/mol. The van der Waals surface area contributed by atoms with Crippen molar-refractivity contribution < 1.29 is 39.0 Å². The second-order valence-electron chi connectivity index (χ2n) is 7.50. The van der Waals surface area contributed by atoms with Crippen molar-refractivity contribution in [1.29, 1.82) is 0 Å². The minimum absolute atomic E-state index is 0.118. The van der Waals surface area contributed by atoms with Gasteiger partial charge in [-0.3, -0.25) is 14.5 Å². The molecule has 4 N–H and O–H groups in total. The number of carbonyl (C=O) groups excluding carboxylic acids is 3. The molecule has 2 unspecified atom stereocenters. The summed E-state index contributed by atoms with van der Waals surface area (Å²) in [7, 11) is 0. The van der Waals surface area contributed by atoms with Crippen molar-refractivity contribution in [2.45, 2.75) is 50.3 Å². The quantitative estimate of drug-likeness (QED) is 0.303. The molecule has 1 aromatic rings. The molecule has 2 atom stereocenters. The van der Waals surface area contributed by atoms with E-state index in [0.717, 1.165) is 6.33 Å². The van der Waals surface area contributed by atoms with Crippen LogP contribution in [-0.4, -0.2) is 90.4 Å². The van der Waals surface area contributed by atoms with Crippen LogP contribution in [0.4, 0.5) is 4.79 Å². The summed E-state index contributed by atoms with van der Waals surface area (Å²) >= 11 is 0. The number of nitrogens with zero attached hydrogens (tertiary/aromatic N) is 4. The predicted octanol–water partition coefficient (Wildman–Crippen LogP) is -1.92. The first kappa shape index (κ1) is 21.0. The Bertz CT molecular complexity index is 777. The number of hydrogen-bond donors (Lipinski definition) is 4. The molecule has 13 heteroatoms. The van der Waals surface area contributed by atoms with Gasteiger partial charge in [0.05, 0.1) is 13.1 Å². The smallest absolute Gasteiger partial charge is 0.413 e. The van der Waals surface area contributed by atoms with E-state index >= 15 is 0 Å². The molecule has 13 nitrogen and oxygen atoms in total. The number of β-lactam (4-membered cyclic amide) rings is 1. The zero-order valence-electron chi connectivity index (χ0n) is 15.9. The van der Waals surface area contributed by atoms with Crippen LogP contribution in [0.3, 0.4) is 0 Å². The molecule has 2 fully saturated rings. The maximum atomic E-state index is 12.7. The van der Waals surface area contributed by atoms with Crippen LogP contribution < -0.4 is 5.32 Å². The second kappa shape index (κ2) is 7.57. The number of nitrogens with one attached hydrogen (secondary N) is 1. The third-order valence-electron chi connectivity index (χ3n) is 4.78. The van der Waals surface area contributed by atoms with Crippen molar-refractivity contribution in [3.05, 3.63) is 12.2 Å². The van der Waals surface area contributed by atoms with Crippen LogP contribution in [0.15, 0.2) is 10.9 Å². The number of ether oxygens (including phenoxy) is 1. The van der Waals surface area contributed by atoms with E-state index in [-0.39, 0.29) is 19.0 Å². The number of carbonyl (C=O) groups is 3. The highest BCUT2D eigenvalue weighted by Gasteiger charge is 2.60. The van der Waals surface area contributed by atoms with Gasteiger partial charge in [-0.2, -0.15) is 4.98 Å². The van der Waals surface area contributed by atoms with Crippen LogP contribution in [0.5, 0.6) is 0 Å². The molecule has 3 rings (SSSR count). The van der Waals surface area contributed by atoms with E-state index in [9.17, 15) is 29.7 Å². The minimum atomic E-state index is -1.99. The second-order valence-corrected chi connectivity index (χ2v) is 7.50. The Morgan fingerprint density at radius 1 is 1.45 bits per heavy atom. The Balaban J connectivity index is 1.60. The molecule has 0 saturated carbocycles. The maximum Gasteiger partial charge on any atom is 0.413 e. The fourth-order valence-electron chi connectivity index (χ4n) is 3.56. The average Bonchev–Trinajstić information content (AvgIpc) is 3.28. The van der Waals surface area contributed by atoms with Gasteiger partial charge >= 0.3 is 6.09 Å². The molecule has 1 spiro atoms. The minimum Gasteiger partial charge on any atom is -0.418 e. The van der Waals surface area contributed by atoms with Gasteiger partial charge in [-0.1, -0.05) is 5.16 Å². The first-order valence-electron chi connectivity index (χ1n) is 8.98. The van der Waals surface area contributed by atoms with E-state index in [1.807, 2.05) is 0 Å². The molecule has 1 aromatic heterocycles. The summed E-state index contributed by atoms with van der Waals surface area (Å²) < 4.78 is 9.68. The van der Waals surface area contributed by atoms with E-state index in [4.69, 9.17) is 9.26 Å². The van der Waals surface area contributed by atoms with Crippen LogP contribution in [0, 0.1) is 0 Å². The zero-order chi connectivity index (χ0) is 21.4. The molecule has 2 aliphatic heterocycles. The fraction of sp³-hybridized carbons (Fsp3) is 0.688. The summed E-state index contributed by atoms with van der Waals surface area (Å²) in [6.07, 6.45) is -0.735. The lowest BCUT2D eigenvalue weighted by molar-refractivity contribution is -0.170. The number of aliphatic hydroxyl groups excluding tert-OH is 1. The highest BCUT2D eigenvalue weighted by molar-refractivity contribution is 5.98. The number of rotatable bonds is 6. The SMILES string of the molecule is CC(C)(O)OC(=O)N1CCCC12CN(CC(=O)NC(c1ncno1)C(O)O)C2=O. The number of amides is 3. The number of likely N-dealkylation sites (tertiary alicyclic amines) is 2. The molecule has 0 aromatic carbocycles. The highest BCUT2D eigenvalue weighted by Crippen LogP contribution is 2.39. The van der Waals surface area contributed by atoms with Crippen molar-refractivity contribution in [3.8, 4) is 0 Å². The van der Waals surface area contributed by atoms with Crippen molar-refractivity contribution in [2.24, 2.45) is 0 Å². The number of aliphatic hydroxyl groups is 3. The van der Waals surface area contributed by atoms with Gasteiger partial charge in [0.2, 0.25) is 11.7 Å². The Morgan fingerprint density at radius 2 is 2.17 bits per heavy atom. The lowest BCUT2D eigenvalue weighted by atomic mass is 9.85. The largest absolute Gasteiger partial charge is 0.418 e. The summed E-state index contributed by atoms with van der Waals surface area (Å²) in [5, 5.41) is 34.1. The van der Waals surface area contributed by atoms with E-state index in [1.165, 1.54) is 23.6 Å². The molecule has 3 amide bonds. The maximum absolute atomic E-state index is 12.7. The van der Waals surface area contributed by atoms with Crippen molar-refractivity contribution >= 4 is 17.9 Å². The van der Waals surface area contributed by atoms with Crippen LogP contribution in [-0.2, 0) is 14.3 Å². The van der Waals surface area contributed by atoms with Crippen LogP contribution >= 0.6 is 0 Å². The monoisotopic (exact) mass is 413 g/mol. The molecule has 2 aliphatic rings. The first-order valence-corrected chi connectivity index (χ1v) is 8.98. The van der Waals surface area contributed by atoms with Crippen LogP contribution in [0.25, 0.3) is 0 Å². The molecule has 2 saturated heterocycles. The van der Waals surface area contributed by atoms with E-state index in [1.54, 1.807) is 0 Å². The molecular weight excluding hydrogens is 390 g/mol. The van der Waals surface area contributed by atoms with Gasteiger partial charge in [-0.15, -0.1) is 0 Å². The summed E-state index contributed by atoms with van der Waals surface area (Å²) in [4.78, 5) is 43.5. The molecule has 160 valence electrons. The summed E-state index contributed by atoms with van der Waals surface area (Å²) in [6.45, 7) is 2.68. The lowest BCUT2D eigenvalue weighted by Gasteiger charge is -2.50. The van der Waals surface area contributed by atoms with Gasteiger partial charge in [0.15, 0.2) is 18.7 Å². The Morgan fingerprint density at radius 3 is 2.72 bits per heavy atom. The molecule has 0 aliphatic carbocycles. The molecule has 3 heterocycles. The number of hydrogen-bond acceptors (Lipinski definition) is 10. The number of aromatic nitrogens is 2. The van der Waals surface area contributed by atoms with Crippen LogP contribution in [0.2, 0.25) is 0 Å². The Labute approximate surface area is 165 Å². The third-order valence-corrected chi connectivity index (χ3v) is 4.78. The standard InChI is InChI=1S/C16H23N5O8/c1-15(2,27)28-14(26)21-5-3-4-16(21)7-20(13(16)25)6-9(22)19-10(12(23)24)11-17-8-18-29-11/h8,10,12,23-24,27H,3-7H2,1-2H3,(H,19,22). The van der Waals surface area contributed by atoms with E-state index in [2.05, 4.69) is 15.5 Å². The topological polar surface area (TPSA) is 179 Å². The molecular formula is C16H23N5O8. The van der Waals surface area contributed by atoms with Crippen molar-refractivity contribution in [2.75, 3.05) is 19.6 Å². The zero-order valence-corrected chi connectivity index (χ0v) is 15.9. The molecule has 0 radical (unpaired) electrons. The van der Waals surface area contributed by atoms with Gasteiger partial charge in [-0.25, -0.2) is 4.79 Å². The highest BCUT2D eigenvalue weighted by atomic mass is 16.7. The van der Waals surface area contributed by atoms with E-state index in [0.29, 0.717) is 19.4 Å².